The lowest BCUT2D eigenvalue weighted by Gasteiger charge is -2.23. The second kappa shape index (κ2) is 7.40. The fraction of sp³-hybridized carbons (Fsp3) is 0.412. The topological polar surface area (TPSA) is 39.9 Å². The van der Waals surface area contributed by atoms with E-state index in [1.54, 1.807) is 0 Å². The Bertz CT molecular complexity index is 646. The molecule has 0 N–H and O–H groups in total. The van der Waals surface area contributed by atoms with Gasteiger partial charge < -0.3 is 0 Å². The fourth-order valence-corrected chi connectivity index (χ4v) is 2.65. The van der Waals surface area contributed by atoms with Gasteiger partial charge in [0.05, 0.1) is 11.6 Å². The van der Waals surface area contributed by atoms with Gasteiger partial charge in [-0.3, -0.25) is 4.90 Å². The van der Waals surface area contributed by atoms with Gasteiger partial charge in [-0.15, -0.1) is 0 Å². The molecule has 2 aromatic rings. The maximum absolute atomic E-state index is 8.80. The number of para-hydroxylation sites is 1. The molecule has 0 aliphatic rings. The predicted octanol–water partition coefficient (Wildman–Crippen LogP) is 4.26. The molecule has 1 aromatic heterocycles. The van der Waals surface area contributed by atoms with Gasteiger partial charge in [-0.25, -0.2) is 4.98 Å². The minimum absolute atomic E-state index is 0.533. The van der Waals surface area contributed by atoms with Crippen LogP contribution in [0, 0.1) is 17.2 Å². The smallest absolute Gasteiger partial charge is 0.134 e. The maximum atomic E-state index is 8.80. The van der Waals surface area contributed by atoms with Crippen molar-refractivity contribution < 1.29 is 0 Å². The van der Waals surface area contributed by atoms with Crippen molar-refractivity contribution in [3.8, 4) is 6.07 Å². The van der Waals surface area contributed by atoms with Gasteiger partial charge in [0.1, 0.15) is 5.15 Å². The van der Waals surface area contributed by atoms with Crippen molar-refractivity contribution in [3.05, 3.63) is 41.0 Å². The Kier molecular flexibility index (Phi) is 5.55. The molecule has 0 spiro atoms. The second-order valence-corrected chi connectivity index (χ2v) is 6.03. The zero-order valence-corrected chi connectivity index (χ0v) is 13.3. The van der Waals surface area contributed by atoms with Gasteiger partial charge in [-0.05, 0) is 18.1 Å². The standard InChI is InChI=1S/C17H20ClN3/c1-13(2)11-21(9-5-8-19)12-15-10-14-6-3-4-7-16(14)20-17(15)18/h3-4,6-7,10,13H,5,9,11-12H2,1-2H3. The molecule has 0 radical (unpaired) electrons. The second-order valence-electron chi connectivity index (χ2n) is 5.67. The average molecular weight is 302 g/mol. The van der Waals surface area contributed by atoms with Crippen molar-refractivity contribution in [1.82, 2.24) is 9.88 Å². The molecule has 3 nitrogen and oxygen atoms in total. The van der Waals surface area contributed by atoms with E-state index in [-0.39, 0.29) is 0 Å². The van der Waals surface area contributed by atoms with E-state index in [0.29, 0.717) is 17.5 Å². The SMILES string of the molecule is CC(C)CN(CCC#N)Cc1cc2ccccc2nc1Cl. The highest BCUT2D eigenvalue weighted by Crippen LogP contribution is 2.22. The van der Waals surface area contributed by atoms with Crippen molar-refractivity contribution in [2.75, 3.05) is 13.1 Å². The Labute approximate surface area is 131 Å². The molecule has 0 bridgehead atoms. The Hall–Kier alpha value is -1.63. The maximum Gasteiger partial charge on any atom is 0.134 e. The minimum atomic E-state index is 0.533. The van der Waals surface area contributed by atoms with Crippen LogP contribution in [0.1, 0.15) is 25.8 Å². The van der Waals surface area contributed by atoms with Crippen LogP contribution in [0.5, 0.6) is 0 Å². The molecule has 2 rings (SSSR count). The number of fused-ring (bicyclic) bond motifs is 1. The van der Waals surface area contributed by atoms with E-state index in [2.05, 4.69) is 35.9 Å². The molecule has 21 heavy (non-hydrogen) atoms. The molecule has 0 aliphatic carbocycles. The van der Waals surface area contributed by atoms with Crippen LogP contribution in [-0.4, -0.2) is 23.0 Å². The first-order valence-corrected chi connectivity index (χ1v) is 7.61. The molecular weight excluding hydrogens is 282 g/mol. The van der Waals surface area contributed by atoms with Crippen LogP contribution in [0.15, 0.2) is 30.3 Å². The van der Waals surface area contributed by atoms with E-state index in [4.69, 9.17) is 16.9 Å². The van der Waals surface area contributed by atoms with Crippen LogP contribution in [-0.2, 0) is 6.54 Å². The normalized spacial score (nSPS) is 11.2. The van der Waals surface area contributed by atoms with E-state index in [9.17, 15) is 0 Å². The minimum Gasteiger partial charge on any atom is -0.298 e. The number of hydrogen-bond donors (Lipinski definition) is 0. The van der Waals surface area contributed by atoms with E-state index in [0.717, 1.165) is 36.1 Å². The number of rotatable bonds is 6. The van der Waals surface area contributed by atoms with Crippen molar-refractivity contribution in [2.24, 2.45) is 5.92 Å². The van der Waals surface area contributed by atoms with Gasteiger partial charge in [0.15, 0.2) is 0 Å². The van der Waals surface area contributed by atoms with E-state index < -0.39 is 0 Å². The third-order valence-corrected chi connectivity index (χ3v) is 3.63. The number of pyridine rings is 1. The van der Waals surface area contributed by atoms with Crippen LogP contribution >= 0.6 is 11.6 Å². The molecule has 0 unspecified atom stereocenters. The van der Waals surface area contributed by atoms with Crippen LogP contribution in [0.2, 0.25) is 5.15 Å². The number of aromatic nitrogens is 1. The highest BCUT2D eigenvalue weighted by molar-refractivity contribution is 6.30. The van der Waals surface area contributed by atoms with Gasteiger partial charge in [0.25, 0.3) is 0 Å². The average Bonchev–Trinajstić information content (AvgIpc) is 2.45. The molecule has 0 fully saturated rings. The summed E-state index contributed by atoms with van der Waals surface area (Å²) in [5.41, 5.74) is 1.94. The first kappa shape index (κ1) is 15.8. The van der Waals surface area contributed by atoms with Gasteiger partial charge in [0.2, 0.25) is 0 Å². The molecule has 1 aromatic carbocycles. The van der Waals surface area contributed by atoms with Crippen molar-refractivity contribution in [2.45, 2.75) is 26.8 Å². The largest absolute Gasteiger partial charge is 0.298 e. The van der Waals surface area contributed by atoms with Crippen LogP contribution in [0.25, 0.3) is 10.9 Å². The Morgan fingerprint density at radius 1 is 1.33 bits per heavy atom. The van der Waals surface area contributed by atoms with Crippen molar-refractivity contribution in [3.63, 3.8) is 0 Å². The number of nitriles is 1. The zero-order chi connectivity index (χ0) is 15.2. The number of hydrogen-bond acceptors (Lipinski definition) is 3. The summed E-state index contributed by atoms with van der Waals surface area (Å²) in [7, 11) is 0. The predicted molar refractivity (Wildman–Crippen MR) is 87.1 cm³/mol. The molecule has 4 heteroatoms. The Morgan fingerprint density at radius 3 is 2.81 bits per heavy atom. The van der Waals surface area contributed by atoms with Crippen molar-refractivity contribution in [1.29, 1.82) is 5.26 Å². The Balaban J connectivity index is 2.22. The third-order valence-electron chi connectivity index (χ3n) is 3.31. The van der Waals surface area contributed by atoms with E-state index >= 15 is 0 Å². The zero-order valence-electron chi connectivity index (χ0n) is 12.5. The van der Waals surface area contributed by atoms with Gasteiger partial charge in [0, 0.05) is 37.0 Å². The summed E-state index contributed by atoms with van der Waals surface area (Å²) < 4.78 is 0. The summed E-state index contributed by atoms with van der Waals surface area (Å²) in [6, 6.07) is 12.3. The molecule has 1 heterocycles. The summed E-state index contributed by atoms with van der Waals surface area (Å²) in [5, 5.41) is 10.5. The Morgan fingerprint density at radius 2 is 2.10 bits per heavy atom. The lowest BCUT2D eigenvalue weighted by atomic mass is 10.1. The quantitative estimate of drug-likeness (QED) is 0.748. The van der Waals surface area contributed by atoms with Crippen LogP contribution < -0.4 is 0 Å². The summed E-state index contributed by atoms with van der Waals surface area (Å²) in [6.07, 6.45) is 0.533. The van der Waals surface area contributed by atoms with Gasteiger partial charge >= 0.3 is 0 Å². The molecule has 0 amide bonds. The highest BCUT2D eigenvalue weighted by atomic mass is 35.5. The summed E-state index contributed by atoms with van der Waals surface area (Å²) in [4.78, 5) is 6.73. The van der Waals surface area contributed by atoms with Crippen LogP contribution in [0.4, 0.5) is 0 Å². The van der Waals surface area contributed by atoms with Crippen molar-refractivity contribution >= 4 is 22.5 Å². The molecular formula is C17H20ClN3. The summed E-state index contributed by atoms with van der Waals surface area (Å²) in [6.45, 7) is 6.80. The lowest BCUT2D eigenvalue weighted by molar-refractivity contribution is 0.241. The van der Waals surface area contributed by atoms with Gasteiger partial charge in [-0.2, -0.15) is 5.26 Å². The van der Waals surface area contributed by atoms with E-state index in [1.165, 1.54) is 0 Å². The molecule has 0 atom stereocenters. The van der Waals surface area contributed by atoms with Crippen LogP contribution in [0.3, 0.4) is 0 Å². The first-order valence-electron chi connectivity index (χ1n) is 7.23. The highest BCUT2D eigenvalue weighted by Gasteiger charge is 2.12. The monoisotopic (exact) mass is 301 g/mol. The first-order chi connectivity index (χ1) is 10.1. The fourth-order valence-electron chi connectivity index (χ4n) is 2.45. The van der Waals surface area contributed by atoms with E-state index in [1.807, 2.05) is 24.3 Å². The molecule has 110 valence electrons. The lowest BCUT2D eigenvalue weighted by Crippen LogP contribution is -2.28. The number of nitrogens with zero attached hydrogens (tertiary/aromatic N) is 3. The molecule has 0 saturated carbocycles. The summed E-state index contributed by atoms with van der Waals surface area (Å²) in [5.74, 6) is 0.552. The number of benzene rings is 1. The molecule has 0 aliphatic heterocycles. The molecule has 0 saturated heterocycles. The van der Waals surface area contributed by atoms with Gasteiger partial charge in [-0.1, -0.05) is 43.6 Å². The third kappa shape index (κ3) is 4.42. The number of halogens is 1. The summed E-state index contributed by atoms with van der Waals surface area (Å²) >= 11 is 6.32.